The molecule has 5 nitrogen and oxygen atoms in total. The van der Waals surface area contributed by atoms with Crippen LogP contribution in [0.3, 0.4) is 0 Å². The Bertz CT molecular complexity index is 792. The van der Waals surface area contributed by atoms with E-state index in [0.717, 1.165) is 17.0 Å². The number of thiophene rings is 1. The van der Waals surface area contributed by atoms with Gasteiger partial charge in [0.2, 0.25) is 0 Å². The Labute approximate surface area is 138 Å². The summed E-state index contributed by atoms with van der Waals surface area (Å²) < 4.78 is 12.4. The Hall–Kier alpha value is -2.60. The van der Waals surface area contributed by atoms with Gasteiger partial charge in [-0.1, -0.05) is 18.2 Å². The first-order valence-electron chi connectivity index (χ1n) is 7.08. The van der Waals surface area contributed by atoms with Crippen LogP contribution in [0.15, 0.2) is 48.0 Å². The molecule has 0 aliphatic rings. The summed E-state index contributed by atoms with van der Waals surface area (Å²) in [6.07, 6.45) is 1.57. The minimum Gasteiger partial charge on any atom is -0.497 e. The molecule has 2 heterocycles. The number of benzene rings is 1. The highest BCUT2D eigenvalue weighted by Gasteiger charge is 2.14. The van der Waals surface area contributed by atoms with E-state index in [0.29, 0.717) is 17.2 Å². The highest BCUT2D eigenvalue weighted by Crippen LogP contribution is 2.21. The summed E-state index contributed by atoms with van der Waals surface area (Å²) in [5.74, 6) is 0.945. The lowest BCUT2D eigenvalue weighted by molar-refractivity contribution is 0.0738. The summed E-state index contributed by atoms with van der Waals surface area (Å²) in [5, 5.41) is 6.14. The number of carbonyl (C=O) groups excluding carboxylic acids is 1. The maximum atomic E-state index is 12.0. The van der Waals surface area contributed by atoms with E-state index in [9.17, 15) is 4.79 Å². The quantitative estimate of drug-likeness (QED) is 0.672. The van der Waals surface area contributed by atoms with Gasteiger partial charge in [-0.15, -0.1) is 11.3 Å². The van der Waals surface area contributed by atoms with Crippen molar-refractivity contribution in [1.82, 2.24) is 9.78 Å². The number of rotatable bonds is 5. The molecule has 0 spiro atoms. The number of methoxy groups -OCH3 is 1. The molecule has 118 valence electrons. The van der Waals surface area contributed by atoms with E-state index in [1.807, 2.05) is 42.6 Å². The molecule has 0 aliphatic heterocycles. The summed E-state index contributed by atoms with van der Waals surface area (Å²) in [5.41, 5.74) is 1.90. The van der Waals surface area contributed by atoms with Crippen LogP contribution in [0.25, 0.3) is 0 Å². The van der Waals surface area contributed by atoms with Gasteiger partial charge in [-0.25, -0.2) is 4.79 Å². The Morgan fingerprint density at radius 1 is 1.26 bits per heavy atom. The van der Waals surface area contributed by atoms with Gasteiger partial charge in [-0.2, -0.15) is 5.10 Å². The second kappa shape index (κ2) is 6.66. The molecule has 0 radical (unpaired) electrons. The minimum atomic E-state index is -0.355. The van der Waals surface area contributed by atoms with Gasteiger partial charge < -0.3 is 9.47 Å². The van der Waals surface area contributed by atoms with Crippen molar-refractivity contribution in [1.29, 1.82) is 0 Å². The average Bonchev–Trinajstić information content (AvgIpc) is 3.21. The summed E-state index contributed by atoms with van der Waals surface area (Å²) in [7, 11) is 1.64. The van der Waals surface area contributed by atoms with E-state index in [4.69, 9.17) is 9.47 Å². The maximum absolute atomic E-state index is 12.0. The fourth-order valence-electron chi connectivity index (χ4n) is 2.14. The maximum Gasteiger partial charge on any atom is 0.353 e. The monoisotopic (exact) mass is 328 g/mol. The number of esters is 1. The molecule has 0 fully saturated rings. The molecule has 1 aromatic carbocycles. The molecule has 0 amide bonds. The molecule has 0 unspecified atom stereocenters. The fourth-order valence-corrected chi connectivity index (χ4v) is 2.74. The van der Waals surface area contributed by atoms with Crippen molar-refractivity contribution in [3.8, 4) is 11.5 Å². The molecule has 0 saturated heterocycles. The normalized spacial score (nSPS) is 10.5. The summed E-state index contributed by atoms with van der Waals surface area (Å²) in [6.45, 7) is 2.49. The Morgan fingerprint density at radius 2 is 2.04 bits per heavy atom. The first-order valence-corrected chi connectivity index (χ1v) is 7.96. The van der Waals surface area contributed by atoms with E-state index < -0.39 is 0 Å². The molecule has 0 bridgehead atoms. The number of carbonyl (C=O) groups is 1. The van der Waals surface area contributed by atoms with E-state index >= 15 is 0 Å². The Kier molecular flexibility index (Phi) is 4.43. The van der Waals surface area contributed by atoms with Crippen molar-refractivity contribution in [2.45, 2.75) is 13.5 Å². The summed E-state index contributed by atoms with van der Waals surface area (Å²) in [6, 6.07) is 11.3. The van der Waals surface area contributed by atoms with Crippen LogP contribution < -0.4 is 9.47 Å². The molecule has 0 saturated carbocycles. The van der Waals surface area contributed by atoms with Crippen molar-refractivity contribution in [3.63, 3.8) is 0 Å². The Morgan fingerprint density at radius 3 is 2.70 bits per heavy atom. The molecule has 23 heavy (non-hydrogen) atoms. The van der Waals surface area contributed by atoms with Gasteiger partial charge in [0.15, 0.2) is 5.75 Å². The van der Waals surface area contributed by atoms with Gasteiger partial charge in [-0.05, 0) is 36.1 Å². The Balaban J connectivity index is 1.72. The van der Waals surface area contributed by atoms with E-state index in [2.05, 4.69) is 5.10 Å². The van der Waals surface area contributed by atoms with Crippen LogP contribution in [0.5, 0.6) is 11.5 Å². The average molecular weight is 328 g/mol. The van der Waals surface area contributed by atoms with Gasteiger partial charge in [0.25, 0.3) is 0 Å². The van der Waals surface area contributed by atoms with Gasteiger partial charge >= 0.3 is 5.97 Å². The number of hydrogen-bond donors (Lipinski definition) is 0. The SMILES string of the molecule is COc1ccc(Cn2ncc(OC(=O)c3cccs3)c2C)cc1. The van der Waals surface area contributed by atoms with Crippen LogP contribution in [0.2, 0.25) is 0 Å². The number of ether oxygens (including phenoxy) is 2. The smallest absolute Gasteiger partial charge is 0.353 e. The fraction of sp³-hybridized carbons (Fsp3) is 0.176. The molecular weight excluding hydrogens is 312 g/mol. The first kappa shape index (κ1) is 15.3. The standard InChI is InChI=1S/C17H16N2O3S/c1-12-15(22-17(20)16-4-3-9-23-16)10-18-19(12)11-13-5-7-14(21-2)8-6-13/h3-10H,11H2,1-2H3. The first-order chi connectivity index (χ1) is 11.2. The highest BCUT2D eigenvalue weighted by molar-refractivity contribution is 7.12. The van der Waals surface area contributed by atoms with Crippen molar-refractivity contribution in [3.05, 3.63) is 64.1 Å². The summed E-state index contributed by atoms with van der Waals surface area (Å²) >= 11 is 1.36. The lowest BCUT2D eigenvalue weighted by atomic mass is 10.2. The topological polar surface area (TPSA) is 53.4 Å². The molecule has 0 N–H and O–H groups in total. The summed E-state index contributed by atoms with van der Waals surface area (Å²) in [4.78, 5) is 12.6. The zero-order valence-corrected chi connectivity index (χ0v) is 13.7. The predicted molar refractivity (Wildman–Crippen MR) is 88.3 cm³/mol. The second-order valence-corrected chi connectivity index (χ2v) is 5.91. The van der Waals surface area contributed by atoms with Crippen molar-refractivity contribution in [2.75, 3.05) is 7.11 Å². The third-order valence-electron chi connectivity index (χ3n) is 3.47. The van der Waals surface area contributed by atoms with E-state index in [-0.39, 0.29) is 5.97 Å². The number of aromatic nitrogens is 2. The lowest BCUT2D eigenvalue weighted by Crippen LogP contribution is -2.08. The van der Waals surface area contributed by atoms with Crippen molar-refractivity contribution >= 4 is 17.3 Å². The largest absolute Gasteiger partial charge is 0.497 e. The van der Waals surface area contributed by atoms with Crippen LogP contribution in [-0.2, 0) is 6.54 Å². The van der Waals surface area contributed by atoms with E-state index in [1.54, 1.807) is 24.1 Å². The van der Waals surface area contributed by atoms with Gasteiger partial charge in [0.1, 0.15) is 10.6 Å². The van der Waals surface area contributed by atoms with Crippen LogP contribution in [-0.4, -0.2) is 22.9 Å². The molecule has 3 aromatic rings. The molecule has 2 aromatic heterocycles. The van der Waals surface area contributed by atoms with E-state index in [1.165, 1.54) is 11.3 Å². The van der Waals surface area contributed by atoms with Crippen LogP contribution >= 0.6 is 11.3 Å². The van der Waals surface area contributed by atoms with Gasteiger partial charge in [0.05, 0.1) is 25.5 Å². The second-order valence-electron chi connectivity index (χ2n) is 4.97. The molecule has 0 atom stereocenters. The number of hydrogen-bond acceptors (Lipinski definition) is 5. The van der Waals surface area contributed by atoms with Crippen molar-refractivity contribution < 1.29 is 14.3 Å². The highest BCUT2D eigenvalue weighted by atomic mass is 32.1. The van der Waals surface area contributed by atoms with Crippen molar-refractivity contribution in [2.24, 2.45) is 0 Å². The minimum absolute atomic E-state index is 0.355. The molecular formula is C17H16N2O3S. The third kappa shape index (κ3) is 3.43. The van der Waals surface area contributed by atoms with Crippen LogP contribution in [0, 0.1) is 6.92 Å². The zero-order chi connectivity index (χ0) is 16.2. The van der Waals surface area contributed by atoms with Crippen LogP contribution in [0.1, 0.15) is 20.9 Å². The third-order valence-corrected chi connectivity index (χ3v) is 4.32. The lowest BCUT2D eigenvalue weighted by Gasteiger charge is -2.07. The molecule has 0 aliphatic carbocycles. The predicted octanol–water partition coefficient (Wildman–Crippen LogP) is 3.53. The van der Waals surface area contributed by atoms with Crippen LogP contribution in [0.4, 0.5) is 0 Å². The molecule has 6 heteroatoms. The van der Waals surface area contributed by atoms with Gasteiger partial charge in [0, 0.05) is 0 Å². The molecule has 3 rings (SSSR count). The zero-order valence-electron chi connectivity index (χ0n) is 12.9. The van der Waals surface area contributed by atoms with Gasteiger partial charge in [-0.3, -0.25) is 4.68 Å². The number of nitrogens with zero attached hydrogens (tertiary/aromatic N) is 2.